The van der Waals surface area contributed by atoms with Gasteiger partial charge in [-0.25, -0.2) is 14.4 Å². The van der Waals surface area contributed by atoms with Crippen molar-refractivity contribution < 1.29 is 22.3 Å². The summed E-state index contributed by atoms with van der Waals surface area (Å²) in [6.07, 6.45) is -3.11. The predicted molar refractivity (Wildman–Crippen MR) is 96.8 cm³/mol. The molecule has 0 saturated heterocycles. The zero-order valence-electron chi connectivity index (χ0n) is 14.6. The van der Waals surface area contributed by atoms with Gasteiger partial charge in [-0.15, -0.1) is 13.2 Å². The van der Waals surface area contributed by atoms with Crippen LogP contribution in [0.5, 0.6) is 5.75 Å². The first-order chi connectivity index (χ1) is 13.3. The Morgan fingerprint density at radius 2 is 1.75 bits per heavy atom. The number of allylic oxidation sites excluding steroid dienone is 1. The topological polar surface area (TPSA) is 42.7 Å². The van der Waals surface area contributed by atoms with Crippen LogP contribution in [-0.4, -0.2) is 22.1 Å². The number of fused-ring (bicyclic) bond motifs is 1. The molecule has 2 heterocycles. The van der Waals surface area contributed by atoms with Gasteiger partial charge in [-0.1, -0.05) is 12.1 Å². The molecule has 4 rings (SSSR count). The van der Waals surface area contributed by atoms with Crippen molar-refractivity contribution in [3.8, 4) is 5.75 Å². The number of anilines is 1. The first-order valence-electron chi connectivity index (χ1n) is 8.30. The van der Waals surface area contributed by atoms with Gasteiger partial charge in [0.1, 0.15) is 11.6 Å². The maximum atomic E-state index is 13.9. The molecule has 2 aromatic carbocycles. The van der Waals surface area contributed by atoms with Crippen LogP contribution in [0.2, 0.25) is 0 Å². The number of hydrogen-bond acceptors (Lipinski definition) is 4. The van der Waals surface area contributed by atoms with Crippen molar-refractivity contribution in [2.45, 2.75) is 19.6 Å². The van der Waals surface area contributed by atoms with E-state index in [0.717, 1.165) is 17.2 Å². The molecule has 5 nitrogen and oxygen atoms in total. The normalized spacial score (nSPS) is 17.1. The molecule has 144 valence electrons. The molecule has 0 N–H and O–H groups in total. The first-order valence-corrected chi connectivity index (χ1v) is 8.30. The molecule has 0 fully saturated rings. The Morgan fingerprint density at radius 3 is 2.46 bits per heavy atom. The van der Waals surface area contributed by atoms with Crippen LogP contribution < -0.4 is 9.64 Å². The van der Waals surface area contributed by atoms with Gasteiger partial charge in [-0.05, 0) is 43.3 Å². The molecule has 0 aliphatic carbocycles. The number of benzene rings is 2. The third kappa shape index (κ3) is 3.42. The fraction of sp³-hybridized carbons (Fsp3) is 0.158. The lowest BCUT2D eigenvalue weighted by Gasteiger charge is -2.31. The van der Waals surface area contributed by atoms with Gasteiger partial charge in [-0.3, -0.25) is 4.57 Å². The second-order valence-electron chi connectivity index (χ2n) is 6.11. The van der Waals surface area contributed by atoms with Gasteiger partial charge in [0.15, 0.2) is 5.83 Å². The van der Waals surface area contributed by atoms with Crippen LogP contribution in [0.3, 0.4) is 0 Å². The van der Waals surface area contributed by atoms with Gasteiger partial charge in [-0.2, -0.15) is 0 Å². The molecule has 1 aliphatic heterocycles. The molecular weight excluding hydrogens is 376 g/mol. The van der Waals surface area contributed by atoms with Crippen molar-refractivity contribution >= 4 is 22.9 Å². The molecule has 28 heavy (non-hydrogen) atoms. The van der Waals surface area contributed by atoms with E-state index in [9.17, 15) is 17.6 Å². The summed E-state index contributed by atoms with van der Waals surface area (Å²) in [5.74, 6) is -0.267. The van der Waals surface area contributed by atoms with Gasteiger partial charge in [0, 0.05) is 11.9 Å². The number of rotatable bonds is 3. The molecule has 0 saturated carbocycles. The summed E-state index contributed by atoms with van der Waals surface area (Å²) in [7, 11) is 0. The van der Waals surface area contributed by atoms with Gasteiger partial charge >= 0.3 is 6.36 Å². The van der Waals surface area contributed by atoms with Crippen molar-refractivity contribution in [1.82, 2.24) is 9.55 Å². The van der Waals surface area contributed by atoms with Crippen molar-refractivity contribution in [1.29, 1.82) is 0 Å². The van der Waals surface area contributed by atoms with E-state index in [1.165, 1.54) is 35.4 Å². The maximum absolute atomic E-state index is 13.9. The Hall–Kier alpha value is -3.36. The number of ether oxygens (including phenoxy) is 1. The van der Waals surface area contributed by atoms with Crippen LogP contribution in [0.4, 0.5) is 23.2 Å². The van der Waals surface area contributed by atoms with E-state index in [-0.39, 0.29) is 5.75 Å². The van der Waals surface area contributed by atoms with Gasteiger partial charge in [0.05, 0.1) is 17.2 Å². The number of halogens is 4. The Kier molecular flexibility index (Phi) is 4.29. The highest BCUT2D eigenvalue weighted by Gasteiger charge is 2.31. The fourth-order valence-corrected chi connectivity index (χ4v) is 3.12. The third-order valence-corrected chi connectivity index (χ3v) is 4.21. The van der Waals surface area contributed by atoms with E-state index in [1.807, 2.05) is 35.8 Å². The molecule has 0 amide bonds. The van der Waals surface area contributed by atoms with Gasteiger partial charge in [0.25, 0.3) is 0 Å². The molecule has 3 aromatic rings. The smallest absolute Gasteiger partial charge is 0.406 e. The highest BCUT2D eigenvalue weighted by molar-refractivity contribution is 5.80. The number of aliphatic imine (C=N–C) groups is 1. The number of nitrogens with zero attached hydrogens (tertiary/aromatic N) is 4. The SMILES string of the molecule is Cc1nc2ccccc2n1C1N=CC(F)=CN1c1ccc(OC(F)(F)F)cc1. The Bertz CT molecular complexity index is 1070. The molecule has 1 unspecified atom stereocenters. The molecule has 1 aromatic heterocycles. The summed E-state index contributed by atoms with van der Waals surface area (Å²) in [4.78, 5) is 10.3. The van der Waals surface area contributed by atoms with Crippen LogP contribution in [0.25, 0.3) is 11.0 Å². The van der Waals surface area contributed by atoms with Crippen molar-refractivity contribution in [3.63, 3.8) is 0 Å². The molecule has 0 spiro atoms. The Balaban J connectivity index is 1.74. The van der Waals surface area contributed by atoms with Crippen LogP contribution >= 0.6 is 0 Å². The molecule has 0 bridgehead atoms. The summed E-state index contributed by atoms with van der Waals surface area (Å²) in [6.45, 7) is 1.81. The summed E-state index contributed by atoms with van der Waals surface area (Å²) in [5, 5.41) is 0. The minimum atomic E-state index is -4.78. The van der Waals surface area contributed by atoms with E-state index in [0.29, 0.717) is 11.5 Å². The van der Waals surface area contributed by atoms with E-state index in [4.69, 9.17) is 0 Å². The summed E-state index contributed by atoms with van der Waals surface area (Å²) >= 11 is 0. The number of imidazole rings is 1. The Labute approximate surface area is 157 Å². The van der Waals surface area contributed by atoms with E-state index in [2.05, 4.69) is 14.7 Å². The second-order valence-corrected chi connectivity index (χ2v) is 6.11. The lowest BCUT2D eigenvalue weighted by molar-refractivity contribution is -0.274. The Morgan fingerprint density at radius 1 is 1.04 bits per heavy atom. The van der Waals surface area contributed by atoms with Crippen LogP contribution in [0, 0.1) is 6.92 Å². The van der Waals surface area contributed by atoms with E-state index in [1.54, 1.807) is 0 Å². The van der Waals surface area contributed by atoms with Crippen LogP contribution in [-0.2, 0) is 0 Å². The van der Waals surface area contributed by atoms with E-state index >= 15 is 0 Å². The molecular formula is C19H14F4N4O. The molecule has 1 atom stereocenters. The molecule has 9 heteroatoms. The third-order valence-electron chi connectivity index (χ3n) is 4.21. The zero-order valence-corrected chi connectivity index (χ0v) is 14.6. The standard InChI is InChI=1S/C19H14F4N4O/c1-12-25-16-4-2-3-5-17(16)27(12)18-24-10-13(20)11-26(18)14-6-8-15(9-7-14)28-19(21,22)23/h2-11,18H,1H3. The molecule has 0 radical (unpaired) electrons. The highest BCUT2D eigenvalue weighted by atomic mass is 19.4. The number of hydrogen-bond donors (Lipinski definition) is 0. The minimum absolute atomic E-state index is 0.359. The lowest BCUT2D eigenvalue weighted by Crippen LogP contribution is -2.30. The average Bonchev–Trinajstić information content (AvgIpc) is 2.97. The lowest BCUT2D eigenvalue weighted by atomic mass is 10.2. The number of alkyl halides is 3. The van der Waals surface area contributed by atoms with Crippen molar-refractivity contribution in [3.05, 3.63) is 66.4 Å². The zero-order chi connectivity index (χ0) is 19.9. The van der Waals surface area contributed by atoms with Crippen molar-refractivity contribution in [2.24, 2.45) is 4.99 Å². The monoisotopic (exact) mass is 390 g/mol. The summed E-state index contributed by atoms with van der Waals surface area (Å²) in [6, 6.07) is 12.6. The summed E-state index contributed by atoms with van der Waals surface area (Å²) in [5.41, 5.74) is 2.02. The quantitative estimate of drug-likeness (QED) is 0.585. The van der Waals surface area contributed by atoms with Crippen LogP contribution in [0.1, 0.15) is 12.1 Å². The number of aromatic nitrogens is 2. The number of aryl methyl sites for hydroxylation is 1. The van der Waals surface area contributed by atoms with Crippen LogP contribution in [0.15, 0.2) is 65.6 Å². The van der Waals surface area contributed by atoms with Gasteiger partial charge < -0.3 is 9.64 Å². The maximum Gasteiger partial charge on any atom is 0.573 e. The molecule has 1 aliphatic rings. The van der Waals surface area contributed by atoms with E-state index < -0.39 is 18.5 Å². The predicted octanol–water partition coefficient (Wildman–Crippen LogP) is 5.10. The number of para-hydroxylation sites is 2. The fourth-order valence-electron chi connectivity index (χ4n) is 3.12. The summed E-state index contributed by atoms with van der Waals surface area (Å²) < 4.78 is 56.7. The first kappa shape index (κ1) is 18.0. The van der Waals surface area contributed by atoms with Crippen molar-refractivity contribution in [2.75, 3.05) is 4.90 Å². The average molecular weight is 390 g/mol. The highest BCUT2D eigenvalue weighted by Crippen LogP contribution is 2.33. The second kappa shape index (κ2) is 6.66. The minimum Gasteiger partial charge on any atom is -0.406 e. The largest absolute Gasteiger partial charge is 0.573 e. The van der Waals surface area contributed by atoms with Gasteiger partial charge in [0.2, 0.25) is 6.29 Å².